The second-order valence-electron chi connectivity index (χ2n) is 7.80. The Morgan fingerprint density at radius 1 is 1.31 bits per heavy atom. The van der Waals surface area contributed by atoms with Gasteiger partial charge in [-0.2, -0.15) is 0 Å². The Bertz CT molecular complexity index is 745. The second kappa shape index (κ2) is 7.28. The third kappa shape index (κ3) is 3.79. The van der Waals surface area contributed by atoms with Crippen molar-refractivity contribution in [3.63, 3.8) is 0 Å². The number of hydrogen-bond donors (Lipinski definition) is 2. The van der Waals surface area contributed by atoms with Crippen LogP contribution in [0.3, 0.4) is 0 Å². The summed E-state index contributed by atoms with van der Waals surface area (Å²) in [6, 6.07) is 1.50. The van der Waals surface area contributed by atoms with Crippen molar-refractivity contribution in [2.75, 3.05) is 18.5 Å². The molecule has 26 heavy (non-hydrogen) atoms. The van der Waals surface area contributed by atoms with E-state index in [1.54, 1.807) is 20.8 Å². The molecule has 0 saturated carbocycles. The molecular formula is C17H28N2O6S. The molecule has 0 unspecified atom stereocenters. The van der Waals surface area contributed by atoms with Crippen LogP contribution in [0, 0.1) is 0 Å². The maximum absolute atomic E-state index is 12.9. The summed E-state index contributed by atoms with van der Waals surface area (Å²) in [4.78, 5) is 12.7. The van der Waals surface area contributed by atoms with Gasteiger partial charge in [-0.3, -0.25) is 10.1 Å². The highest BCUT2D eigenvalue weighted by molar-refractivity contribution is 7.94. The number of carbonyl (C=O) groups excluding carboxylic acids is 1. The number of amides is 1. The molecule has 2 N–H and O–H groups in total. The van der Waals surface area contributed by atoms with Crippen LogP contribution in [0.5, 0.6) is 0 Å². The predicted octanol–water partition coefficient (Wildman–Crippen LogP) is 1.64. The molecule has 1 aliphatic rings. The highest BCUT2D eigenvalue weighted by Gasteiger charge is 2.47. The van der Waals surface area contributed by atoms with Crippen LogP contribution in [-0.4, -0.2) is 53.9 Å². The first-order valence-electron chi connectivity index (χ1n) is 8.68. The molecule has 0 aliphatic carbocycles. The highest BCUT2D eigenvalue weighted by Crippen LogP contribution is 2.31. The lowest BCUT2D eigenvalue weighted by Crippen LogP contribution is -2.50. The monoisotopic (exact) mass is 388 g/mol. The van der Waals surface area contributed by atoms with Crippen LogP contribution in [0.25, 0.3) is 0 Å². The van der Waals surface area contributed by atoms with E-state index in [9.17, 15) is 18.3 Å². The van der Waals surface area contributed by atoms with Crippen molar-refractivity contribution < 1.29 is 27.6 Å². The zero-order chi connectivity index (χ0) is 19.8. The smallest absolute Gasteiger partial charge is 0.247 e. The molecule has 2 heterocycles. The minimum atomic E-state index is -3.71. The van der Waals surface area contributed by atoms with E-state index in [0.717, 1.165) is 0 Å². The van der Waals surface area contributed by atoms with E-state index in [1.807, 2.05) is 0 Å². The lowest BCUT2D eigenvalue weighted by Gasteiger charge is -2.30. The second-order valence-corrected chi connectivity index (χ2v) is 10.6. The van der Waals surface area contributed by atoms with Crippen molar-refractivity contribution in [2.45, 2.75) is 69.0 Å². The standard InChI is InChI=1S/C17H28N2O6S/c1-11(20)16(2,3)13-10-14(25-19-13)18-15(21)17(4,5)26(22,23)12-6-8-24-9-7-12/h10-12,20H,6-9H2,1-5H3,(H,18,21)/t11-/m1/s1. The summed E-state index contributed by atoms with van der Waals surface area (Å²) in [5, 5.41) is 15.6. The molecule has 0 aromatic carbocycles. The average molecular weight is 388 g/mol. The number of aromatic nitrogens is 1. The summed E-state index contributed by atoms with van der Waals surface area (Å²) < 4.78 is 34.5. The number of aliphatic hydroxyl groups excluding tert-OH is 1. The minimum Gasteiger partial charge on any atom is -0.392 e. The molecule has 1 aromatic rings. The molecule has 1 saturated heterocycles. The summed E-state index contributed by atoms with van der Waals surface area (Å²) in [5.41, 5.74) is -0.205. The van der Waals surface area contributed by atoms with Crippen LogP contribution in [-0.2, 0) is 24.8 Å². The first kappa shape index (κ1) is 20.9. The maximum atomic E-state index is 12.9. The molecule has 148 valence electrons. The minimum absolute atomic E-state index is 0.0500. The van der Waals surface area contributed by atoms with Gasteiger partial charge in [-0.15, -0.1) is 0 Å². The van der Waals surface area contributed by atoms with E-state index < -0.39 is 37.3 Å². The summed E-state index contributed by atoms with van der Waals surface area (Å²) in [7, 11) is -3.71. The molecular weight excluding hydrogens is 360 g/mol. The number of rotatable bonds is 6. The van der Waals surface area contributed by atoms with Crippen LogP contribution in [0.1, 0.15) is 53.2 Å². The number of nitrogens with one attached hydrogen (secondary N) is 1. The van der Waals surface area contributed by atoms with Gasteiger partial charge in [0.25, 0.3) is 0 Å². The average Bonchev–Trinajstić information content (AvgIpc) is 3.04. The topological polar surface area (TPSA) is 119 Å². The van der Waals surface area contributed by atoms with Gasteiger partial charge < -0.3 is 14.4 Å². The number of sulfone groups is 1. The van der Waals surface area contributed by atoms with Crippen LogP contribution in [0.2, 0.25) is 0 Å². The van der Waals surface area contributed by atoms with Crippen molar-refractivity contribution >= 4 is 21.6 Å². The summed E-state index contributed by atoms with van der Waals surface area (Å²) in [5.74, 6) is -0.629. The Kier molecular flexibility index (Phi) is 5.84. The maximum Gasteiger partial charge on any atom is 0.247 e. The first-order chi connectivity index (χ1) is 11.9. The third-order valence-corrected chi connectivity index (χ3v) is 8.27. The van der Waals surface area contributed by atoms with Crippen LogP contribution in [0.15, 0.2) is 10.6 Å². The zero-order valence-corrected chi connectivity index (χ0v) is 16.7. The SMILES string of the molecule is C[C@@H](O)C(C)(C)c1cc(NC(=O)C(C)(C)S(=O)(=O)C2CCOCC2)on1. The molecule has 1 amide bonds. The van der Waals surface area contributed by atoms with Gasteiger partial charge in [0.15, 0.2) is 9.84 Å². The van der Waals surface area contributed by atoms with Gasteiger partial charge in [-0.05, 0) is 33.6 Å². The van der Waals surface area contributed by atoms with Gasteiger partial charge >= 0.3 is 0 Å². The molecule has 0 radical (unpaired) electrons. The predicted molar refractivity (Wildman–Crippen MR) is 96.7 cm³/mol. The lowest BCUT2D eigenvalue weighted by atomic mass is 9.84. The first-order valence-corrected chi connectivity index (χ1v) is 10.2. The number of ether oxygens (including phenoxy) is 1. The van der Waals surface area contributed by atoms with Crippen LogP contribution < -0.4 is 5.32 Å². The lowest BCUT2D eigenvalue weighted by molar-refractivity contribution is -0.118. The Morgan fingerprint density at radius 3 is 2.42 bits per heavy atom. The third-order valence-electron chi connectivity index (χ3n) is 5.32. The molecule has 2 rings (SSSR count). The summed E-state index contributed by atoms with van der Waals surface area (Å²) >= 11 is 0. The number of nitrogens with zero attached hydrogens (tertiary/aromatic N) is 1. The Hall–Kier alpha value is -1.45. The zero-order valence-electron chi connectivity index (χ0n) is 15.9. The number of hydrogen-bond acceptors (Lipinski definition) is 7. The normalized spacial score (nSPS) is 18.5. The van der Waals surface area contributed by atoms with Gasteiger partial charge in [0, 0.05) is 24.7 Å². The largest absolute Gasteiger partial charge is 0.392 e. The van der Waals surface area contributed by atoms with E-state index in [-0.39, 0.29) is 5.88 Å². The van der Waals surface area contributed by atoms with Crippen LogP contribution >= 0.6 is 0 Å². The fourth-order valence-corrected chi connectivity index (χ4v) is 4.60. The van der Waals surface area contributed by atoms with E-state index in [2.05, 4.69) is 10.5 Å². The van der Waals surface area contributed by atoms with Crippen molar-refractivity contribution in [2.24, 2.45) is 0 Å². The van der Waals surface area contributed by atoms with Gasteiger partial charge in [0.2, 0.25) is 11.8 Å². The number of carbonyl (C=O) groups is 1. The van der Waals surface area contributed by atoms with Crippen LogP contribution in [0.4, 0.5) is 5.88 Å². The Labute approximate surface area is 154 Å². The summed E-state index contributed by atoms with van der Waals surface area (Å²) in [6.45, 7) is 8.76. The quantitative estimate of drug-likeness (QED) is 0.760. The molecule has 1 fully saturated rings. The van der Waals surface area contributed by atoms with Crippen molar-refractivity contribution in [3.05, 3.63) is 11.8 Å². The van der Waals surface area contributed by atoms with E-state index >= 15 is 0 Å². The molecule has 1 atom stereocenters. The molecule has 8 nitrogen and oxygen atoms in total. The summed E-state index contributed by atoms with van der Waals surface area (Å²) in [6.07, 6.45) is 0.0869. The van der Waals surface area contributed by atoms with Crippen molar-refractivity contribution in [1.29, 1.82) is 0 Å². The fraction of sp³-hybridized carbons (Fsp3) is 0.765. The fourth-order valence-electron chi connectivity index (χ4n) is 2.65. The molecule has 0 spiro atoms. The van der Waals surface area contributed by atoms with Gasteiger partial charge in [-0.1, -0.05) is 19.0 Å². The molecule has 9 heteroatoms. The van der Waals surface area contributed by atoms with Gasteiger partial charge in [0.1, 0.15) is 4.75 Å². The molecule has 1 aromatic heterocycles. The van der Waals surface area contributed by atoms with E-state index in [4.69, 9.17) is 9.26 Å². The molecule has 0 bridgehead atoms. The van der Waals surface area contributed by atoms with Crippen molar-refractivity contribution in [1.82, 2.24) is 5.16 Å². The van der Waals surface area contributed by atoms with E-state index in [0.29, 0.717) is 31.7 Å². The highest BCUT2D eigenvalue weighted by atomic mass is 32.2. The Balaban J connectivity index is 2.17. The van der Waals surface area contributed by atoms with Crippen molar-refractivity contribution in [3.8, 4) is 0 Å². The number of anilines is 1. The Morgan fingerprint density at radius 2 is 1.88 bits per heavy atom. The number of aliphatic hydroxyl groups is 1. The van der Waals surface area contributed by atoms with E-state index in [1.165, 1.54) is 19.9 Å². The molecule has 1 aliphatic heterocycles. The van der Waals surface area contributed by atoms with Gasteiger partial charge in [-0.25, -0.2) is 8.42 Å². The van der Waals surface area contributed by atoms with Gasteiger partial charge in [0.05, 0.1) is 17.0 Å².